The van der Waals surface area contributed by atoms with E-state index in [9.17, 15) is 14.7 Å². The topological polar surface area (TPSA) is 76.1 Å². The maximum atomic E-state index is 12.8. The molecule has 0 radical (unpaired) electrons. The molecule has 0 aromatic heterocycles. The Kier molecular flexibility index (Phi) is 4.44. The molecule has 4 atom stereocenters. The summed E-state index contributed by atoms with van der Waals surface area (Å²) in [6.07, 6.45) is -2.47. The highest BCUT2D eigenvalue weighted by Crippen LogP contribution is 2.34. The lowest BCUT2D eigenvalue weighted by Crippen LogP contribution is -2.57. The van der Waals surface area contributed by atoms with E-state index in [0.29, 0.717) is 13.0 Å². The molecule has 6 heteroatoms. The summed E-state index contributed by atoms with van der Waals surface area (Å²) in [7, 11) is 0. The van der Waals surface area contributed by atoms with Crippen LogP contribution in [0.3, 0.4) is 0 Å². The summed E-state index contributed by atoms with van der Waals surface area (Å²) in [5.41, 5.74) is 1.99. The molecule has 1 N–H and O–H groups in total. The van der Waals surface area contributed by atoms with Gasteiger partial charge in [0.2, 0.25) is 6.29 Å². The van der Waals surface area contributed by atoms with Gasteiger partial charge in [0.25, 0.3) is 5.91 Å². The Morgan fingerprint density at radius 2 is 1.58 bits per heavy atom. The highest BCUT2D eigenvalue weighted by Gasteiger charge is 2.55. The van der Waals surface area contributed by atoms with Crippen molar-refractivity contribution < 1.29 is 24.2 Å². The first-order valence-corrected chi connectivity index (χ1v) is 8.55. The van der Waals surface area contributed by atoms with Gasteiger partial charge in [-0.2, -0.15) is 0 Å². The highest BCUT2D eigenvalue weighted by atomic mass is 16.7. The van der Waals surface area contributed by atoms with Gasteiger partial charge in [0.1, 0.15) is 6.10 Å². The average molecular weight is 353 g/mol. The predicted octanol–water partition coefficient (Wildman–Crippen LogP) is 1.83. The lowest BCUT2D eigenvalue weighted by atomic mass is 9.95. The fourth-order valence-corrected chi connectivity index (χ4v) is 3.60. The standard InChI is InChI=1S/C20H19NO5/c22-18-20-25-16(17(26-20)19(23)24)15(11-13-7-3-1-4-8-13)21(18)12-14-9-5-2-6-10-14/h1-10,15-17,20H,11-12H2,(H,23,24)/t15-,16-,17-,20+/m1/s1. The van der Waals surface area contributed by atoms with E-state index >= 15 is 0 Å². The number of hydrogen-bond acceptors (Lipinski definition) is 4. The van der Waals surface area contributed by atoms with Gasteiger partial charge in [0.05, 0.1) is 6.04 Å². The smallest absolute Gasteiger partial charge is 0.335 e. The number of carboxylic acid groups (broad SMARTS) is 1. The molecule has 134 valence electrons. The molecule has 1 amide bonds. The lowest BCUT2D eigenvalue weighted by molar-refractivity contribution is -0.179. The largest absolute Gasteiger partial charge is 0.479 e. The quantitative estimate of drug-likeness (QED) is 0.888. The minimum absolute atomic E-state index is 0.324. The second-order valence-electron chi connectivity index (χ2n) is 6.54. The Hall–Kier alpha value is -2.70. The van der Waals surface area contributed by atoms with Gasteiger partial charge in [-0.05, 0) is 17.5 Å². The molecular weight excluding hydrogens is 334 g/mol. The summed E-state index contributed by atoms with van der Waals surface area (Å²) >= 11 is 0. The molecule has 2 bridgehead atoms. The molecule has 0 unspecified atom stereocenters. The maximum absolute atomic E-state index is 12.8. The van der Waals surface area contributed by atoms with E-state index in [-0.39, 0.29) is 5.91 Å². The summed E-state index contributed by atoms with van der Waals surface area (Å²) < 4.78 is 11.0. The number of aliphatic carboxylic acids is 1. The van der Waals surface area contributed by atoms with Crippen LogP contribution in [0, 0.1) is 0 Å². The van der Waals surface area contributed by atoms with Gasteiger partial charge in [-0.15, -0.1) is 0 Å². The van der Waals surface area contributed by atoms with Crippen molar-refractivity contribution in [1.82, 2.24) is 4.90 Å². The van der Waals surface area contributed by atoms with E-state index in [1.54, 1.807) is 4.90 Å². The first-order chi connectivity index (χ1) is 12.6. The van der Waals surface area contributed by atoms with Crippen LogP contribution in [0.4, 0.5) is 0 Å². The monoisotopic (exact) mass is 353 g/mol. The zero-order valence-electron chi connectivity index (χ0n) is 14.0. The molecule has 4 rings (SSSR count). The summed E-state index contributed by atoms with van der Waals surface area (Å²) in [6, 6.07) is 18.9. The summed E-state index contributed by atoms with van der Waals surface area (Å²) in [6.45, 7) is 0.392. The number of morpholine rings is 1. The molecule has 2 aromatic rings. The van der Waals surface area contributed by atoms with Gasteiger partial charge in [0, 0.05) is 6.54 Å². The SMILES string of the molecule is O=C(O)[C@@H]1O[C@@H]2O[C@@H]1[C@@H](Cc1ccccc1)N(Cc1ccccc1)C2=O. The summed E-state index contributed by atoms with van der Waals surface area (Å²) in [5.74, 6) is -1.43. The molecule has 2 fully saturated rings. The van der Waals surface area contributed by atoms with Crippen molar-refractivity contribution in [1.29, 1.82) is 0 Å². The van der Waals surface area contributed by atoms with Crippen molar-refractivity contribution in [3.63, 3.8) is 0 Å². The fourth-order valence-electron chi connectivity index (χ4n) is 3.60. The molecule has 2 aliphatic rings. The molecule has 2 heterocycles. The van der Waals surface area contributed by atoms with Crippen molar-refractivity contribution in [2.45, 2.75) is 37.5 Å². The number of ether oxygens (including phenoxy) is 2. The van der Waals surface area contributed by atoms with Gasteiger partial charge < -0.3 is 19.5 Å². The van der Waals surface area contributed by atoms with Crippen LogP contribution in [0.2, 0.25) is 0 Å². The first-order valence-electron chi connectivity index (χ1n) is 8.55. The number of fused-ring (bicyclic) bond motifs is 2. The van der Waals surface area contributed by atoms with Gasteiger partial charge in [-0.1, -0.05) is 60.7 Å². The average Bonchev–Trinajstić information content (AvgIpc) is 3.07. The van der Waals surface area contributed by atoms with Gasteiger partial charge in [-0.3, -0.25) is 4.79 Å². The van der Waals surface area contributed by atoms with E-state index in [4.69, 9.17) is 9.47 Å². The number of hydrogen-bond donors (Lipinski definition) is 1. The van der Waals surface area contributed by atoms with Crippen molar-refractivity contribution in [2.75, 3.05) is 0 Å². The molecule has 2 aromatic carbocycles. The van der Waals surface area contributed by atoms with Crippen molar-refractivity contribution in [3.05, 3.63) is 71.8 Å². The molecule has 0 spiro atoms. The molecular formula is C20H19NO5. The number of carboxylic acids is 1. The number of benzene rings is 2. The molecule has 0 saturated carbocycles. The maximum Gasteiger partial charge on any atom is 0.335 e. The Balaban J connectivity index is 1.67. The van der Waals surface area contributed by atoms with E-state index in [1.165, 1.54) is 0 Å². The number of rotatable bonds is 5. The third-order valence-corrected chi connectivity index (χ3v) is 4.84. The zero-order valence-corrected chi connectivity index (χ0v) is 14.0. The molecule has 2 aliphatic heterocycles. The molecule has 2 saturated heterocycles. The summed E-state index contributed by atoms with van der Waals surface area (Å²) in [4.78, 5) is 26.1. The van der Waals surface area contributed by atoms with Crippen LogP contribution in [-0.2, 0) is 32.0 Å². The van der Waals surface area contributed by atoms with E-state index in [1.807, 2.05) is 60.7 Å². The van der Waals surface area contributed by atoms with E-state index in [2.05, 4.69) is 0 Å². The fraction of sp³-hybridized carbons (Fsp3) is 0.300. The normalized spacial score (nSPS) is 27.5. The lowest BCUT2D eigenvalue weighted by Gasteiger charge is -2.39. The van der Waals surface area contributed by atoms with Gasteiger partial charge >= 0.3 is 5.97 Å². The van der Waals surface area contributed by atoms with Crippen LogP contribution in [0.5, 0.6) is 0 Å². The van der Waals surface area contributed by atoms with Crippen LogP contribution >= 0.6 is 0 Å². The van der Waals surface area contributed by atoms with E-state index in [0.717, 1.165) is 11.1 Å². The van der Waals surface area contributed by atoms with Crippen molar-refractivity contribution in [2.24, 2.45) is 0 Å². The number of carbonyl (C=O) groups is 2. The number of nitrogens with zero attached hydrogens (tertiary/aromatic N) is 1. The first kappa shape index (κ1) is 16.8. The van der Waals surface area contributed by atoms with Crippen LogP contribution in [-0.4, -0.2) is 46.4 Å². The number of amides is 1. The minimum Gasteiger partial charge on any atom is -0.479 e. The Labute approximate surface area is 151 Å². The van der Waals surface area contributed by atoms with E-state index < -0.39 is 30.5 Å². The Bertz CT molecular complexity index is 794. The van der Waals surface area contributed by atoms with Gasteiger partial charge in [-0.25, -0.2) is 4.79 Å². The minimum atomic E-state index is -1.14. The third-order valence-electron chi connectivity index (χ3n) is 4.84. The van der Waals surface area contributed by atoms with Crippen LogP contribution in [0.25, 0.3) is 0 Å². The van der Waals surface area contributed by atoms with Crippen molar-refractivity contribution in [3.8, 4) is 0 Å². The highest BCUT2D eigenvalue weighted by molar-refractivity contribution is 5.84. The second-order valence-corrected chi connectivity index (χ2v) is 6.54. The van der Waals surface area contributed by atoms with Gasteiger partial charge in [0.15, 0.2) is 6.10 Å². The third kappa shape index (κ3) is 3.09. The number of carbonyl (C=O) groups excluding carboxylic acids is 1. The second kappa shape index (κ2) is 6.90. The van der Waals surface area contributed by atoms with Crippen LogP contribution in [0.15, 0.2) is 60.7 Å². The molecule has 26 heavy (non-hydrogen) atoms. The summed E-state index contributed by atoms with van der Waals surface area (Å²) in [5, 5.41) is 9.47. The zero-order chi connectivity index (χ0) is 18.1. The Morgan fingerprint density at radius 1 is 0.962 bits per heavy atom. The van der Waals surface area contributed by atoms with Crippen LogP contribution < -0.4 is 0 Å². The van der Waals surface area contributed by atoms with Crippen LogP contribution in [0.1, 0.15) is 11.1 Å². The molecule has 6 nitrogen and oxygen atoms in total. The predicted molar refractivity (Wildman–Crippen MR) is 92.1 cm³/mol. The molecule has 0 aliphatic carbocycles. The van der Waals surface area contributed by atoms with Crippen molar-refractivity contribution >= 4 is 11.9 Å². The Morgan fingerprint density at radius 3 is 2.19 bits per heavy atom.